The molecule has 2 atom stereocenters. The zero-order valence-electron chi connectivity index (χ0n) is 8.53. The third kappa shape index (κ3) is 2.26. The monoisotopic (exact) mass is 207 g/mol. The Balaban J connectivity index is 1.79. The van der Waals surface area contributed by atoms with Crippen molar-refractivity contribution in [1.82, 2.24) is 4.98 Å². The molecule has 1 aromatic heterocycles. The number of nitrogens with one attached hydrogen (secondary N) is 1. The third-order valence-electron chi connectivity index (χ3n) is 2.66. The van der Waals surface area contributed by atoms with Crippen LogP contribution in [0.4, 0.5) is 0 Å². The van der Waals surface area contributed by atoms with Gasteiger partial charge in [0.15, 0.2) is 6.61 Å². The van der Waals surface area contributed by atoms with E-state index in [-0.39, 0.29) is 24.3 Å². The molecule has 0 aromatic carbocycles. The fraction of sp³-hybridized carbons (Fsp3) is 0.455. The molecule has 0 bridgehead atoms. The first-order valence-corrected chi connectivity index (χ1v) is 5.01. The Bertz CT molecular complexity index is 369. The lowest BCUT2D eigenvalue weighted by molar-refractivity contribution is -0.144. The van der Waals surface area contributed by atoms with Crippen molar-refractivity contribution in [2.45, 2.75) is 13.3 Å². The van der Waals surface area contributed by atoms with Crippen LogP contribution in [-0.2, 0) is 9.53 Å². The number of aromatic nitrogens is 1. The zero-order chi connectivity index (χ0) is 10.8. The van der Waals surface area contributed by atoms with Gasteiger partial charge >= 0.3 is 5.97 Å². The predicted octanol–water partition coefficient (Wildman–Crippen LogP) is 1.40. The number of ether oxygens (including phenoxy) is 1. The molecule has 1 N–H and O–H groups in total. The van der Waals surface area contributed by atoms with Crippen LogP contribution in [0.15, 0.2) is 18.3 Å². The van der Waals surface area contributed by atoms with E-state index in [1.54, 1.807) is 18.3 Å². The SMILES string of the molecule is C[C@@H]1C[C@H]1C(=O)OCC(=O)c1ccc[nH]1. The number of ketones is 1. The Kier molecular flexibility index (Phi) is 2.58. The topological polar surface area (TPSA) is 59.2 Å². The normalized spacial score (nSPS) is 23.5. The van der Waals surface area contributed by atoms with E-state index >= 15 is 0 Å². The molecule has 1 fully saturated rings. The van der Waals surface area contributed by atoms with Gasteiger partial charge in [0.2, 0.25) is 5.78 Å². The molecule has 1 saturated carbocycles. The summed E-state index contributed by atoms with van der Waals surface area (Å²) in [6.07, 6.45) is 2.55. The summed E-state index contributed by atoms with van der Waals surface area (Å²) < 4.78 is 4.91. The van der Waals surface area contributed by atoms with Gasteiger partial charge in [-0.1, -0.05) is 6.92 Å². The van der Waals surface area contributed by atoms with E-state index in [9.17, 15) is 9.59 Å². The fourth-order valence-corrected chi connectivity index (χ4v) is 1.48. The van der Waals surface area contributed by atoms with Gasteiger partial charge in [-0.3, -0.25) is 9.59 Å². The molecular formula is C11H13NO3. The molecule has 0 unspecified atom stereocenters. The Morgan fingerprint density at radius 2 is 2.33 bits per heavy atom. The Labute approximate surface area is 87.6 Å². The molecule has 0 aliphatic heterocycles. The molecule has 1 heterocycles. The van der Waals surface area contributed by atoms with Crippen LogP contribution >= 0.6 is 0 Å². The molecule has 4 heteroatoms. The summed E-state index contributed by atoms with van der Waals surface area (Å²) in [6.45, 7) is 1.83. The van der Waals surface area contributed by atoms with E-state index < -0.39 is 0 Å². The first-order chi connectivity index (χ1) is 7.18. The van der Waals surface area contributed by atoms with E-state index in [1.807, 2.05) is 6.92 Å². The zero-order valence-corrected chi connectivity index (χ0v) is 8.53. The van der Waals surface area contributed by atoms with Crippen molar-refractivity contribution in [1.29, 1.82) is 0 Å². The minimum absolute atomic E-state index is 0.0152. The molecule has 4 nitrogen and oxygen atoms in total. The predicted molar refractivity (Wildman–Crippen MR) is 53.4 cm³/mol. The van der Waals surface area contributed by atoms with Gasteiger partial charge in [-0.05, 0) is 24.5 Å². The Hall–Kier alpha value is -1.58. The third-order valence-corrected chi connectivity index (χ3v) is 2.66. The smallest absolute Gasteiger partial charge is 0.309 e. The molecule has 0 saturated heterocycles. The van der Waals surface area contributed by atoms with E-state index in [1.165, 1.54) is 0 Å². The highest BCUT2D eigenvalue weighted by atomic mass is 16.5. The summed E-state index contributed by atoms with van der Waals surface area (Å²) in [4.78, 5) is 25.5. The number of carbonyl (C=O) groups is 2. The second-order valence-corrected chi connectivity index (χ2v) is 3.93. The lowest BCUT2D eigenvalue weighted by Gasteiger charge is -2.01. The van der Waals surface area contributed by atoms with Gasteiger partial charge in [0.25, 0.3) is 0 Å². The van der Waals surface area contributed by atoms with Crippen LogP contribution < -0.4 is 0 Å². The van der Waals surface area contributed by atoms with Crippen LogP contribution in [0.3, 0.4) is 0 Å². The van der Waals surface area contributed by atoms with Crippen LogP contribution in [0.1, 0.15) is 23.8 Å². The molecule has 1 aliphatic rings. The second kappa shape index (κ2) is 3.88. The molecule has 0 spiro atoms. The number of rotatable bonds is 4. The number of hydrogen-bond donors (Lipinski definition) is 1. The van der Waals surface area contributed by atoms with Crippen molar-refractivity contribution in [2.75, 3.05) is 6.61 Å². The molecular weight excluding hydrogens is 194 g/mol. The average molecular weight is 207 g/mol. The molecule has 0 radical (unpaired) electrons. The summed E-state index contributed by atoms with van der Waals surface area (Å²) in [5.41, 5.74) is 0.478. The summed E-state index contributed by atoms with van der Waals surface area (Å²) in [5, 5.41) is 0. The second-order valence-electron chi connectivity index (χ2n) is 3.93. The molecule has 1 aliphatic carbocycles. The van der Waals surface area contributed by atoms with Crippen LogP contribution in [0.5, 0.6) is 0 Å². The Morgan fingerprint density at radius 3 is 2.87 bits per heavy atom. The van der Waals surface area contributed by atoms with Gasteiger partial charge in [-0.15, -0.1) is 0 Å². The first kappa shape index (κ1) is 9.96. The van der Waals surface area contributed by atoms with Crippen LogP contribution in [0.2, 0.25) is 0 Å². The van der Waals surface area contributed by atoms with Crippen LogP contribution in [0.25, 0.3) is 0 Å². The molecule has 1 aromatic rings. The highest BCUT2D eigenvalue weighted by Crippen LogP contribution is 2.38. The molecule has 80 valence electrons. The van der Waals surface area contributed by atoms with Crippen LogP contribution in [-0.4, -0.2) is 23.3 Å². The number of H-pyrrole nitrogens is 1. The lowest BCUT2D eigenvalue weighted by Crippen LogP contribution is -2.15. The van der Waals surface area contributed by atoms with Gasteiger partial charge in [-0.2, -0.15) is 0 Å². The van der Waals surface area contributed by atoms with Crippen LogP contribution in [0, 0.1) is 11.8 Å². The van der Waals surface area contributed by atoms with Crippen molar-refractivity contribution in [3.05, 3.63) is 24.0 Å². The van der Waals surface area contributed by atoms with Crippen molar-refractivity contribution in [3.8, 4) is 0 Å². The summed E-state index contributed by atoms with van der Waals surface area (Å²) in [6, 6.07) is 3.40. The number of aromatic amines is 1. The van der Waals surface area contributed by atoms with E-state index in [0.29, 0.717) is 11.6 Å². The largest absolute Gasteiger partial charge is 0.457 e. The molecule has 0 amide bonds. The average Bonchev–Trinajstić information content (AvgIpc) is 2.75. The van der Waals surface area contributed by atoms with Crippen molar-refractivity contribution in [2.24, 2.45) is 11.8 Å². The van der Waals surface area contributed by atoms with Gasteiger partial charge < -0.3 is 9.72 Å². The minimum Gasteiger partial charge on any atom is -0.457 e. The summed E-state index contributed by atoms with van der Waals surface area (Å²) in [5.74, 6) is -0.0106. The van der Waals surface area contributed by atoms with Crippen molar-refractivity contribution in [3.63, 3.8) is 0 Å². The summed E-state index contributed by atoms with van der Waals surface area (Å²) in [7, 11) is 0. The maximum absolute atomic E-state index is 11.4. The number of carbonyl (C=O) groups excluding carboxylic acids is 2. The standard InChI is InChI=1S/C11H13NO3/c1-7-5-8(7)11(14)15-6-10(13)9-3-2-4-12-9/h2-4,7-8,12H,5-6H2,1H3/t7-,8-/m1/s1. The maximum atomic E-state index is 11.4. The number of Topliss-reactive ketones (excluding diaryl/α,β-unsaturated/α-hetero) is 1. The lowest BCUT2D eigenvalue weighted by atomic mass is 10.3. The highest BCUT2D eigenvalue weighted by Gasteiger charge is 2.40. The number of hydrogen-bond acceptors (Lipinski definition) is 3. The summed E-state index contributed by atoms with van der Waals surface area (Å²) >= 11 is 0. The van der Waals surface area contributed by atoms with Gasteiger partial charge in [-0.25, -0.2) is 0 Å². The van der Waals surface area contributed by atoms with Gasteiger partial charge in [0, 0.05) is 6.20 Å². The minimum atomic E-state index is -0.248. The first-order valence-electron chi connectivity index (χ1n) is 5.01. The van der Waals surface area contributed by atoms with Crippen molar-refractivity contribution < 1.29 is 14.3 Å². The van der Waals surface area contributed by atoms with Crippen molar-refractivity contribution >= 4 is 11.8 Å². The highest BCUT2D eigenvalue weighted by molar-refractivity contribution is 5.96. The maximum Gasteiger partial charge on any atom is 0.309 e. The van der Waals surface area contributed by atoms with Gasteiger partial charge in [0.05, 0.1) is 11.6 Å². The fourth-order valence-electron chi connectivity index (χ4n) is 1.48. The van der Waals surface area contributed by atoms with E-state index in [0.717, 1.165) is 6.42 Å². The number of esters is 1. The molecule has 2 rings (SSSR count). The van der Waals surface area contributed by atoms with E-state index in [2.05, 4.69) is 4.98 Å². The molecule has 15 heavy (non-hydrogen) atoms. The van der Waals surface area contributed by atoms with Gasteiger partial charge in [0.1, 0.15) is 0 Å². The van der Waals surface area contributed by atoms with E-state index in [4.69, 9.17) is 4.74 Å². The quantitative estimate of drug-likeness (QED) is 0.599. The Morgan fingerprint density at radius 1 is 1.60 bits per heavy atom.